The first-order valence-corrected chi connectivity index (χ1v) is 10.2. The van der Waals surface area contributed by atoms with Crippen molar-refractivity contribution in [2.24, 2.45) is 0 Å². The van der Waals surface area contributed by atoms with E-state index in [0.29, 0.717) is 25.5 Å². The summed E-state index contributed by atoms with van der Waals surface area (Å²) in [6.07, 6.45) is 2.68. The second kappa shape index (κ2) is 8.54. The number of carbonyl (C=O) groups excluding carboxylic acids is 1. The average molecular weight is 441 g/mol. The van der Waals surface area contributed by atoms with E-state index < -0.39 is 22.8 Å². The fourth-order valence-electron chi connectivity index (χ4n) is 3.83. The van der Waals surface area contributed by atoms with Gasteiger partial charge in [0, 0.05) is 26.2 Å². The van der Waals surface area contributed by atoms with Gasteiger partial charge >= 0.3 is 0 Å². The number of halogens is 1. The molecule has 0 bridgehead atoms. The van der Waals surface area contributed by atoms with Crippen molar-refractivity contribution in [2.45, 2.75) is 45.4 Å². The van der Waals surface area contributed by atoms with Crippen LogP contribution in [0.4, 0.5) is 4.39 Å². The molecule has 3 heterocycles. The highest BCUT2D eigenvalue weighted by molar-refractivity contribution is 5.78. The van der Waals surface area contributed by atoms with Crippen molar-refractivity contribution in [3.05, 3.63) is 75.9 Å². The van der Waals surface area contributed by atoms with Crippen LogP contribution in [-0.2, 0) is 36.4 Å². The Kier molecular flexibility index (Phi) is 5.79. The molecule has 0 radical (unpaired) electrons. The van der Waals surface area contributed by atoms with E-state index in [9.17, 15) is 19.1 Å². The maximum Gasteiger partial charge on any atom is 0.296 e. The number of hydrogen-bond donors (Lipinski definition) is 2. The van der Waals surface area contributed by atoms with Crippen LogP contribution < -0.4 is 10.9 Å². The van der Waals surface area contributed by atoms with E-state index in [1.165, 1.54) is 23.1 Å². The molecule has 2 N–H and O–H groups in total. The molecule has 10 heteroatoms. The first-order chi connectivity index (χ1) is 15.3. The summed E-state index contributed by atoms with van der Waals surface area (Å²) in [5, 5.41) is 13.1. The third-order valence-corrected chi connectivity index (χ3v) is 5.72. The molecule has 0 saturated heterocycles. The molecule has 1 aromatic carbocycles. The smallest absolute Gasteiger partial charge is 0.296 e. The third kappa shape index (κ3) is 4.26. The summed E-state index contributed by atoms with van der Waals surface area (Å²) in [4.78, 5) is 36.0. The van der Waals surface area contributed by atoms with Crippen molar-refractivity contribution in [2.75, 3.05) is 6.54 Å². The van der Waals surface area contributed by atoms with Crippen LogP contribution in [0.2, 0.25) is 0 Å². The number of aromatic hydroxyl groups is 1. The highest BCUT2D eigenvalue weighted by Crippen LogP contribution is 2.31. The van der Waals surface area contributed by atoms with E-state index >= 15 is 0 Å². The number of aromatic nitrogens is 3. The second-order valence-corrected chi connectivity index (χ2v) is 8.23. The Morgan fingerprint density at radius 2 is 2.03 bits per heavy atom. The Hall–Kier alpha value is -3.53. The lowest BCUT2D eigenvalue weighted by Gasteiger charge is -2.42. The Labute approximate surface area is 183 Å². The van der Waals surface area contributed by atoms with Crippen LogP contribution in [0.15, 0.2) is 46.1 Å². The number of rotatable bonds is 6. The van der Waals surface area contributed by atoms with E-state index in [1.807, 2.05) is 13.8 Å². The Morgan fingerprint density at radius 3 is 2.72 bits per heavy atom. The van der Waals surface area contributed by atoms with Crippen molar-refractivity contribution in [3.63, 3.8) is 0 Å². The van der Waals surface area contributed by atoms with Gasteiger partial charge in [-0.2, -0.15) is 0 Å². The molecule has 32 heavy (non-hydrogen) atoms. The zero-order valence-electron chi connectivity index (χ0n) is 17.8. The minimum absolute atomic E-state index is 0.0224. The maximum absolute atomic E-state index is 13.0. The molecule has 1 amide bonds. The lowest BCUT2D eigenvalue weighted by atomic mass is 9.97. The summed E-state index contributed by atoms with van der Waals surface area (Å²) in [5.74, 6) is -0.818. The summed E-state index contributed by atoms with van der Waals surface area (Å²) in [6.45, 7) is 5.48. The number of oxazole rings is 1. The molecule has 1 aliphatic heterocycles. The number of hydrogen-bond acceptors (Lipinski definition) is 7. The van der Waals surface area contributed by atoms with E-state index in [4.69, 9.17) is 4.42 Å². The Morgan fingerprint density at radius 1 is 1.28 bits per heavy atom. The van der Waals surface area contributed by atoms with Crippen LogP contribution in [0.1, 0.15) is 36.6 Å². The third-order valence-electron chi connectivity index (χ3n) is 5.72. The minimum atomic E-state index is -0.649. The predicted molar refractivity (Wildman–Crippen MR) is 112 cm³/mol. The fourth-order valence-corrected chi connectivity index (χ4v) is 3.83. The van der Waals surface area contributed by atoms with Crippen LogP contribution in [-0.4, -0.2) is 37.0 Å². The van der Waals surface area contributed by atoms with Gasteiger partial charge in [0.2, 0.25) is 11.7 Å². The molecule has 0 unspecified atom stereocenters. The molecule has 9 nitrogen and oxygen atoms in total. The topological polar surface area (TPSA) is 113 Å². The summed E-state index contributed by atoms with van der Waals surface area (Å²) in [6, 6.07) is 5.77. The highest BCUT2D eigenvalue weighted by atomic mass is 19.1. The van der Waals surface area contributed by atoms with Crippen LogP contribution in [0.25, 0.3) is 0 Å². The monoisotopic (exact) mass is 441 g/mol. The number of nitrogens with one attached hydrogen (secondary N) is 1. The van der Waals surface area contributed by atoms with Gasteiger partial charge in [-0.05, 0) is 31.5 Å². The van der Waals surface area contributed by atoms with Gasteiger partial charge in [-0.1, -0.05) is 12.1 Å². The van der Waals surface area contributed by atoms with E-state index in [2.05, 4.69) is 20.2 Å². The molecular weight excluding hydrogens is 417 g/mol. The number of carbonyl (C=O) groups is 1. The largest absolute Gasteiger partial charge is 0.502 e. The molecule has 0 saturated carbocycles. The molecule has 0 atom stereocenters. The van der Waals surface area contributed by atoms with Crippen molar-refractivity contribution in [1.82, 2.24) is 24.8 Å². The van der Waals surface area contributed by atoms with E-state index in [1.54, 1.807) is 18.4 Å². The van der Waals surface area contributed by atoms with Crippen molar-refractivity contribution in [3.8, 4) is 5.75 Å². The predicted octanol–water partition coefficient (Wildman–Crippen LogP) is 1.69. The van der Waals surface area contributed by atoms with Crippen molar-refractivity contribution >= 4 is 5.91 Å². The fraction of sp³-hybridized carbons (Fsp3) is 0.364. The van der Waals surface area contributed by atoms with Crippen LogP contribution in [0.3, 0.4) is 0 Å². The summed E-state index contributed by atoms with van der Waals surface area (Å²) >= 11 is 0. The molecule has 4 rings (SSSR count). The first kappa shape index (κ1) is 21.7. The molecule has 1 aliphatic rings. The Balaban J connectivity index is 1.54. The first-order valence-electron chi connectivity index (χ1n) is 10.2. The van der Waals surface area contributed by atoms with Gasteiger partial charge in [-0.3, -0.25) is 19.1 Å². The molecule has 3 aromatic rings. The average Bonchev–Trinajstić information content (AvgIpc) is 3.27. The summed E-state index contributed by atoms with van der Waals surface area (Å²) in [5.41, 5.74) is 0.295. The van der Waals surface area contributed by atoms with Gasteiger partial charge in [0.1, 0.15) is 17.9 Å². The lowest BCUT2D eigenvalue weighted by molar-refractivity contribution is -0.120. The molecule has 0 spiro atoms. The van der Waals surface area contributed by atoms with Crippen LogP contribution in [0, 0.1) is 5.82 Å². The number of fused-ring (bicyclic) bond motifs is 1. The molecule has 0 aliphatic carbocycles. The standard InChI is InChI=1S/C22H24FN5O4/c1-22(2)21-26-17(9-18(29)24-10-14-3-5-15(23)6-4-14)19(30)20(31)28(21)8-7-27(22)11-16-12-32-13-25-16/h3-6,12-13,30H,7-11H2,1-2H3,(H,24,29). The van der Waals surface area contributed by atoms with Gasteiger partial charge in [-0.25, -0.2) is 14.4 Å². The van der Waals surface area contributed by atoms with E-state index in [0.717, 1.165) is 11.3 Å². The van der Waals surface area contributed by atoms with Gasteiger partial charge in [0.15, 0.2) is 6.39 Å². The van der Waals surface area contributed by atoms with Gasteiger partial charge in [-0.15, -0.1) is 0 Å². The minimum Gasteiger partial charge on any atom is -0.502 e. The quantitative estimate of drug-likeness (QED) is 0.598. The highest BCUT2D eigenvalue weighted by Gasteiger charge is 2.38. The lowest BCUT2D eigenvalue weighted by Crippen LogP contribution is -2.52. The van der Waals surface area contributed by atoms with Crippen LogP contribution in [0.5, 0.6) is 5.75 Å². The van der Waals surface area contributed by atoms with Crippen LogP contribution >= 0.6 is 0 Å². The molecule has 0 fully saturated rings. The molecular formula is C22H24FN5O4. The van der Waals surface area contributed by atoms with Crippen molar-refractivity contribution in [1.29, 1.82) is 0 Å². The zero-order valence-corrected chi connectivity index (χ0v) is 17.8. The number of benzene rings is 1. The van der Waals surface area contributed by atoms with Gasteiger partial charge in [0.25, 0.3) is 5.56 Å². The molecule has 168 valence electrons. The normalized spacial score (nSPS) is 15.3. The SMILES string of the molecule is CC1(C)c2nc(CC(=O)NCc3ccc(F)cc3)c(O)c(=O)n2CCN1Cc1cocn1. The molecule has 2 aromatic heterocycles. The van der Waals surface area contributed by atoms with Crippen molar-refractivity contribution < 1.29 is 18.7 Å². The maximum atomic E-state index is 13.0. The number of amides is 1. The summed E-state index contributed by atoms with van der Waals surface area (Å²) < 4.78 is 19.5. The zero-order chi connectivity index (χ0) is 22.9. The van der Waals surface area contributed by atoms with E-state index in [-0.39, 0.29) is 24.5 Å². The summed E-state index contributed by atoms with van der Waals surface area (Å²) in [7, 11) is 0. The second-order valence-electron chi connectivity index (χ2n) is 8.23. The van der Waals surface area contributed by atoms with Gasteiger partial charge < -0.3 is 14.8 Å². The van der Waals surface area contributed by atoms with Gasteiger partial charge in [0.05, 0.1) is 23.3 Å². The number of nitrogens with zero attached hydrogens (tertiary/aromatic N) is 4. The Bertz CT molecular complexity index is 1170.